The third kappa shape index (κ3) is 6.38. The van der Waals surface area contributed by atoms with Crippen LogP contribution in [-0.2, 0) is 0 Å². The van der Waals surface area contributed by atoms with Crippen molar-refractivity contribution in [3.05, 3.63) is 59.4 Å². The van der Waals surface area contributed by atoms with Gasteiger partial charge in [0.1, 0.15) is 23.6 Å². The number of nitrogens with two attached hydrogens (primary N) is 1. The van der Waals surface area contributed by atoms with E-state index < -0.39 is 18.3 Å². The van der Waals surface area contributed by atoms with Crippen LogP contribution in [0, 0.1) is 11.3 Å². The van der Waals surface area contributed by atoms with Gasteiger partial charge in [-0.2, -0.15) is 18.4 Å². The molecule has 3 N–H and O–H groups in total. The van der Waals surface area contributed by atoms with Gasteiger partial charge in [0, 0.05) is 31.4 Å². The molecule has 2 unspecified atom stereocenters. The quantitative estimate of drug-likeness (QED) is 0.671. The minimum absolute atomic E-state index is 0. The van der Waals surface area contributed by atoms with E-state index in [1.165, 1.54) is 32.6 Å². The van der Waals surface area contributed by atoms with Gasteiger partial charge in [-0.1, -0.05) is 19.9 Å². The van der Waals surface area contributed by atoms with Crippen molar-refractivity contribution in [3.63, 3.8) is 0 Å². The molecular weight excluding hydrogens is 435 g/mol. The number of nitrogens with zero attached hydrogens (tertiary/aromatic N) is 3. The number of benzene rings is 1. The van der Waals surface area contributed by atoms with Crippen molar-refractivity contribution in [2.75, 3.05) is 14.2 Å². The highest BCUT2D eigenvalue weighted by Crippen LogP contribution is 2.37. The van der Waals surface area contributed by atoms with E-state index in [9.17, 15) is 13.2 Å². The maximum Gasteiger partial charge on any atom is 0.408 e. The number of alkyl halides is 3. The lowest BCUT2D eigenvalue weighted by Crippen LogP contribution is -2.48. The minimum atomic E-state index is -4.48. The Morgan fingerprint density at radius 2 is 1.91 bits per heavy atom. The van der Waals surface area contributed by atoms with Gasteiger partial charge >= 0.3 is 6.18 Å². The average molecular weight is 464 g/mol. The fourth-order valence-electron chi connectivity index (χ4n) is 3.15. The van der Waals surface area contributed by atoms with E-state index >= 15 is 0 Å². The second-order valence-corrected chi connectivity index (χ2v) is 6.76. The van der Waals surface area contributed by atoms with Gasteiger partial charge in [0.05, 0.1) is 20.3 Å². The molecule has 1 aliphatic heterocycles. The minimum Gasteiger partial charge on any atom is -0.493 e. The number of hydrogen-bond acceptors (Lipinski definition) is 7. The zero-order valence-corrected chi connectivity index (χ0v) is 18.8. The first-order chi connectivity index (χ1) is 15.7. The summed E-state index contributed by atoms with van der Waals surface area (Å²) in [7, 11) is 2.93. The highest BCUT2D eigenvalue weighted by atomic mass is 19.4. The summed E-state index contributed by atoms with van der Waals surface area (Å²) in [6.45, 7) is 4.00. The van der Waals surface area contributed by atoms with E-state index in [1.807, 2.05) is 19.9 Å². The summed E-state index contributed by atoms with van der Waals surface area (Å²) < 4.78 is 51.1. The molecule has 0 amide bonds. The highest BCUT2D eigenvalue weighted by Gasteiger charge is 2.43. The molecule has 0 radical (unpaired) electrons. The molecule has 2 heterocycles. The summed E-state index contributed by atoms with van der Waals surface area (Å²) in [5, 5.41) is 11.2. The van der Waals surface area contributed by atoms with Crippen molar-refractivity contribution in [1.29, 1.82) is 5.26 Å². The first-order valence-electron chi connectivity index (χ1n) is 10.2. The van der Waals surface area contributed by atoms with Crippen LogP contribution in [0.3, 0.4) is 0 Å². The van der Waals surface area contributed by atoms with E-state index in [0.29, 0.717) is 22.6 Å². The maximum absolute atomic E-state index is 13.6. The smallest absolute Gasteiger partial charge is 0.408 e. The van der Waals surface area contributed by atoms with E-state index in [1.54, 1.807) is 24.3 Å². The molecule has 2 atom stereocenters. The Morgan fingerprint density at radius 1 is 1.21 bits per heavy atom. The van der Waals surface area contributed by atoms with Crippen LogP contribution in [0.1, 0.15) is 44.6 Å². The topological polar surface area (TPSA) is 106 Å². The van der Waals surface area contributed by atoms with Crippen LogP contribution in [0.2, 0.25) is 0 Å². The predicted molar refractivity (Wildman–Crippen MR) is 122 cm³/mol. The lowest BCUT2D eigenvalue weighted by atomic mass is 9.97. The molecule has 3 rings (SSSR count). The van der Waals surface area contributed by atoms with Gasteiger partial charge in [-0.05, 0) is 29.8 Å². The van der Waals surface area contributed by atoms with Crippen LogP contribution in [0.25, 0.3) is 5.70 Å². The molecule has 1 aromatic heterocycles. The Kier molecular flexibility index (Phi) is 8.68. The van der Waals surface area contributed by atoms with Crippen molar-refractivity contribution in [2.45, 2.75) is 38.5 Å². The Hall–Kier alpha value is -3.74. The van der Waals surface area contributed by atoms with Crippen LogP contribution in [0.4, 0.5) is 13.2 Å². The second-order valence-electron chi connectivity index (χ2n) is 6.76. The standard InChI is InChI=1S/C21H20F3N5O2.C2H6.H2/c1-30-17-6-4-12(7-18(17)31-2)16-9-19(21(22,23)24)29-20(28-16)8-15(26)13-3-5-14(10-25)27-11-13;1-2;/h3-8,11,16,19H,9,26H2,1-2H3,(H,28,29);1-2H3;1H/b15-8-;;. The number of methoxy groups -OCH3 is 2. The monoisotopic (exact) mass is 463 g/mol. The van der Waals surface area contributed by atoms with Crippen LogP contribution in [0.5, 0.6) is 11.5 Å². The van der Waals surface area contributed by atoms with Gasteiger partial charge in [-0.15, -0.1) is 0 Å². The maximum atomic E-state index is 13.6. The number of aliphatic imine (C=N–C) groups is 1. The molecule has 10 heteroatoms. The number of nitriles is 1. The molecule has 0 aliphatic carbocycles. The zero-order valence-electron chi connectivity index (χ0n) is 18.8. The fourth-order valence-corrected chi connectivity index (χ4v) is 3.15. The Morgan fingerprint density at radius 3 is 2.45 bits per heavy atom. The Labute approximate surface area is 192 Å². The number of ether oxygens (including phenoxy) is 2. The molecule has 1 aliphatic rings. The van der Waals surface area contributed by atoms with Crippen LogP contribution in [0.15, 0.2) is 47.6 Å². The van der Waals surface area contributed by atoms with E-state index in [-0.39, 0.29) is 25.1 Å². The third-order valence-electron chi connectivity index (χ3n) is 4.77. The van der Waals surface area contributed by atoms with Gasteiger partial charge < -0.3 is 20.5 Å². The van der Waals surface area contributed by atoms with Crippen molar-refractivity contribution in [1.82, 2.24) is 10.3 Å². The van der Waals surface area contributed by atoms with Crippen molar-refractivity contribution in [2.24, 2.45) is 10.7 Å². The van der Waals surface area contributed by atoms with Gasteiger partial charge in [-0.3, -0.25) is 4.99 Å². The first kappa shape index (κ1) is 25.5. The molecule has 7 nitrogen and oxygen atoms in total. The largest absolute Gasteiger partial charge is 0.493 e. The summed E-state index contributed by atoms with van der Waals surface area (Å²) >= 11 is 0. The lowest BCUT2D eigenvalue weighted by molar-refractivity contribution is -0.155. The lowest BCUT2D eigenvalue weighted by Gasteiger charge is -2.31. The number of amidine groups is 1. The molecule has 0 fully saturated rings. The van der Waals surface area contributed by atoms with Gasteiger partial charge in [0.15, 0.2) is 11.5 Å². The zero-order chi connectivity index (χ0) is 24.6. The van der Waals surface area contributed by atoms with Gasteiger partial charge in [0.2, 0.25) is 0 Å². The van der Waals surface area contributed by atoms with E-state index in [2.05, 4.69) is 15.3 Å². The van der Waals surface area contributed by atoms with Crippen molar-refractivity contribution in [3.8, 4) is 17.6 Å². The molecule has 178 valence electrons. The molecule has 1 aromatic carbocycles. The number of halogens is 3. The SMILES string of the molecule is CC.COc1ccc(C2CC(C(F)(F)F)NC(/C=C(\N)c3ccc(C#N)nc3)=N2)cc1OC.[HH]. The van der Waals surface area contributed by atoms with E-state index in [0.717, 1.165) is 0 Å². The number of nitrogens with one attached hydrogen (secondary N) is 1. The van der Waals surface area contributed by atoms with Crippen LogP contribution >= 0.6 is 0 Å². The molecule has 2 aromatic rings. The number of aromatic nitrogens is 1. The fraction of sp³-hybridized carbons (Fsp3) is 0.348. The Balaban J connectivity index is 0.00000188. The highest BCUT2D eigenvalue weighted by molar-refractivity contribution is 5.99. The molecular formula is C23H28F3N5O2. The summed E-state index contributed by atoms with van der Waals surface area (Å²) in [5.74, 6) is 0.863. The van der Waals surface area contributed by atoms with Crippen molar-refractivity contribution >= 4 is 11.5 Å². The number of hydrogen-bond donors (Lipinski definition) is 2. The summed E-state index contributed by atoms with van der Waals surface area (Å²) in [6.07, 6.45) is -2.06. The summed E-state index contributed by atoms with van der Waals surface area (Å²) in [4.78, 5) is 8.34. The van der Waals surface area contributed by atoms with Gasteiger partial charge in [0.25, 0.3) is 0 Å². The van der Waals surface area contributed by atoms with E-state index in [4.69, 9.17) is 20.5 Å². The van der Waals surface area contributed by atoms with Gasteiger partial charge in [-0.25, -0.2) is 4.98 Å². The number of rotatable bonds is 5. The van der Waals surface area contributed by atoms with Crippen molar-refractivity contribution < 1.29 is 24.1 Å². The molecule has 0 spiro atoms. The Bertz CT molecular complexity index is 1050. The third-order valence-corrected chi connectivity index (χ3v) is 4.77. The molecule has 33 heavy (non-hydrogen) atoms. The molecule has 0 saturated carbocycles. The molecule has 0 bridgehead atoms. The first-order valence-corrected chi connectivity index (χ1v) is 10.2. The number of pyridine rings is 1. The van der Waals surface area contributed by atoms with Crippen LogP contribution < -0.4 is 20.5 Å². The second kappa shape index (κ2) is 11.2. The normalized spacial score (nSPS) is 18.1. The van der Waals surface area contributed by atoms with Crippen LogP contribution in [-0.4, -0.2) is 37.3 Å². The summed E-state index contributed by atoms with van der Waals surface area (Å²) in [5.41, 5.74) is 7.42. The molecule has 0 saturated heterocycles. The summed E-state index contributed by atoms with van der Waals surface area (Å²) in [6, 6.07) is 7.24. The predicted octanol–water partition coefficient (Wildman–Crippen LogP) is 4.61. The average Bonchev–Trinajstić information content (AvgIpc) is 2.84.